The second-order valence-electron chi connectivity index (χ2n) is 5.90. The summed E-state index contributed by atoms with van der Waals surface area (Å²) in [6.07, 6.45) is 2.03. The zero-order chi connectivity index (χ0) is 17.7. The number of hydrogen-bond acceptors (Lipinski definition) is 6. The molecule has 1 atom stereocenters. The van der Waals surface area contributed by atoms with Gasteiger partial charge in [0, 0.05) is 26.2 Å². The van der Waals surface area contributed by atoms with Crippen LogP contribution >= 0.6 is 0 Å². The lowest BCUT2D eigenvalue weighted by Crippen LogP contribution is -2.41. The van der Waals surface area contributed by atoms with Crippen molar-refractivity contribution in [3.63, 3.8) is 0 Å². The van der Waals surface area contributed by atoms with Gasteiger partial charge in [-0.25, -0.2) is 4.79 Å². The first-order valence-corrected chi connectivity index (χ1v) is 7.83. The molecule has 2 rings (SSSR count). The highest BCUT2D eigenvalue weighted by molar-refractivity contribution is 5.93. The fourth-order valence-corrected chi connectivity index (χ4v) is 2.74. The van der Waals surface area contributed by atoms with Crippen LogP contribution in [-0.2, 0) is 9.53 Å². The van der Waals surface area contributed by atoms with Gasteiger partial charge in [-0.15, -0.1) is 0 Å². The van der Waals surface area contributed by atoms with Gasteiger partial charge in [0.15, 0.2) is 6.61 Å². The first kappa shape index (κ1) is 17.7. The lowest BCUT2D eigenvalue weighted by molar-refractivity contribution is -0.384. The monoisotopic (exact) mass is 335 g/mol. The number of rotatable bonds is 5. The molecule has 0 unspecified atom stereocenters. The summed E-state index contributed by atoms with van der Waals surface area (Å²) >= 11 is 0. The van der Waals surface area contributed by atoms with Gasteiger partial charge in [0.1, 0.15) is 5.69 Å². The van der Waals surface area contributed by atoms with Crippen LogP contribution < -0.4 is 5.32 Å². The number of piperidine rings is 1. The van der Waals surface area contributed by atoms with E-state index < -0.39 is 10.9 Å². The Hall–Kier alpha value is -2.64. The van der Waals surface area contributed by atoms with Crippen molar-refractivity contribution in [1.29, 1.82) is 0 Å². The van der Waals surface area contributed by atoms with Crippen LogP contribution in [0.15, 0.2) is 18.2 Å². The van der Waals surface area contributed by atoms with Crippen molar-refractivity contribution < 1.29 is 19.2 Å². The Labute approximate surface area is 139 Å². The van der Waals surface area contributed by atoms with Gasteiger partial charge < -0.3 is 15.0 Å². The molecule has 1 aliphatic heterocycles. The normalized spacial score (nSPS) is 17.2. The maximum absolute atomic E-state index is 12.1. The summed E-state index contributed by atoms with van der Waals surface area (Å²) in [5.74, 6) is -0.550. The molecule has 1 saturated heterocycles. The second-order valence-corrected chi connectivity index (χ2v) is 5.90. The van der Waals surface area contributed by atoms with Gasteiger partial charge in [-0.2, -0.15) is 0 Å². The first-order valence-electron chi connectivity index (χ1n) is 7.83. The van der Waals surface area contributed by atoms with Gasteiger partial charge in [0.05, 0.1) is 10.5 Å². The number of nitrogens with one attached hydrogen (secondary N) is 1. The van der Waals surface area contributed by atoms with Gasteiger partial charge in [0.25, 0.3) is 11.6 Å². The zero-order valence-corrected chi connectivity index (χ0v) is 13.8. The number of esters is 1. The van der Waals surface area contributed by atoms with Crippen molar-refractivity contribution in [3.05, 3.63) is 33.9 Å². The van der Waals surface area contributed by atoms with E-state index in [1.807, 2.05) is 0 Å². The molecular weight excluding hydrogens is 314 g/mol. The summed E-state index contributed by atoms with van der Waals surface area (Å²) in [5, 5.41) is 13.7. The molecule has 130 valence electrons. The molecule has 0 spiro atoms. The molecule has 1 aromatic rings. The van der Waals surface area contributed by atoms with Crippen LogP contribution in [0.5, 0.6) is 0 Å². The molecule has 1 heterocycles. The van der Waals surface area contributed by atoms with Crippen LogP contribution in [0.2, 0.25) is 0 Å². The smallest absolute Gasteiger partial charge is 0.338 e. The number of amides is 1. The highest BCUT2D eigenvalue weighted by Gasteiger charge is 2.23. The number of likely N-dealkylation sites (tertiary alicyclic amines) is 1. The number of carbonyl (C=O) groups is 2. The molecule has 0 aromatic heterocycles. The molecule has 8 nitrogen and oxygen atoms in total. The summed E-state index contributed by atoms with van der Waals surface area (Å²) in [6.45, 7) is 3.06. The predicted molar refractivity (Wildman–Crippen MR) is 87.9 cm³/mol. The predicted octanol–water partition coefficient (Wildman–Crippen LogP) is 2.05. The Morgan fingerprint density at radius 1 is 1.46 bits per heavy atom. The minimum absolute atomic E-state index is 0.0421. The minimum Gasteiger partial charge on any atom is -0.452 e. The summed E-state index contributed by atoms with van der Waals surface area (Å²) in [5.41, 5.74) is 0.124. The molecule has 1 aliphatic rings. The van der Waals surface area contributed by atoms with E-state index in [9.17, 15) is 19.7 Å². The minimum atomic E-state index is -0.751. The van der Waals surface area contributed by atoms with Crippen LogP contribution in [0.1, 0.15) is 30.1 Å². The van der Waals surface area contributed by atoms with Gasteiger partial charge in [-0.3, -0.25) is 14.9 Å². The van der Waals surface area contributed by atoms with Gasteiger partial charge in [0.2, 0.25) is 0 Å². The van der Waals surface area contributed by atoms with Crippen molar-refractivity contribution in [2.45, 2.75) is 19.8 Å². The zero-order valence-electron chi connectivity index (χ0n) is 13.8. The molecule has 24 heavy (non-hydrogen) atoms. The number of anilines is 1. The number of nitro benzene ring substituents is 1. The van der Waals surface area contributed by atoms with Crippen LogP contribution in [0.4, 0.5) is 11.4 Å². The fraction of sp³-hybridized carbons (Fsp3) is 0.500. The Bertz CT molecular complexity index is 647. The highest BCUT2D eigenvalue weighted by atomic mass is 16.6. The third kappa shape index (κ3) is 4.21. The van der Waals surface area contributed by atoms with E-state index in [4.69, 9.17) is 4.74 Å². The maximum Gasteiger partial charge on any atom is 0.338 e. The third-order valence-corrected chi connectivity index (χ3v) is 4.04. The average Bonchev–Trinajstić information content (AvgIpc) is 2.58. The molecule has 1 amide bonds. The van der Waals surface area contributed by atoms with E-state index in [1.54, 1.807) is 11.9 Å². The van der Waals surface area contributed by atoms with E-state index in [2.05, 4.69) is 12.2 Å². The van der Waals surface area contributed by atoms with Crippen LogP contribution in [0.25, 0.3) is 0 Å². The number of nitrogens with zero attached hydrogens (tertiary/aromatic N) is 2. The topological polar surface area (TPSA) is 102 Å². The van der Waals surface area contributed by atoms with Gasteiger partial charge in [-0.1, -0.05) is 6.92 Å². The van der Waals surface area contributed by atoms with Gasteiger partial charge in [-0.05, 0) is 30.9 Å². The number of ether oxygens (including phenoxy) is 1. The van der Waals surface area contributed by atoms with E-state index in [0.29, 0.717) is 24.7 Å². The quantitative estimate of drug-likeness (QED) is 0.502. The van der Waals surface area contributed by atoms with Crippen LogP contribution in [0.3, 0.4) is 0 Å². The molecule has 1 aromatic carbocycles. The third-order valence-electron chi connectivity index (χ3n) is 4.04. The lowest BCUT2D eigenvalue weighted by Gasteiger charge is -2.30. The largest absolute Gasteiger partial charge is 0.452 e. The SMILES string of the molecule is CNc1ccc(C(=O)OCC(=O)N2CCC[C@@H](C)C2)cc1[N+](=O)[O-]. The Morgan fingerprint density at radius 3 is 2.83 bits per heavy atom. The first-order chi connectivity index (χ1) is 11.4. The van der Waals surface area contributed by atoms with E-state index >= 15 is 0 Å². The standard InChI is InChI=1S/C16H21N3O5/c1-11-4-3-7-18(9-11)15(20)10-24-16(21)12-5-6-13(17-2)14(8-12)19(22)23/h5-6,8,11,17H,3-4,7,9-10H2,1-2H3/t11-/m1/s1. The summed E-state index contributed by atoms with van der Waals surface area (Å²) in [6, 6.07) is 4.00. The number of carbonyl (C=O) groups excluding carboxylic acids is 2. The highest BCUT2D eigenvalue weighted by Crippen LogP contribution is 2.25. The van der Waals surface area contributed by atoms with Crippen molar-refractivity contribution >= 4 is 23.3 Å². The summed E-state index contributed by atoms with van der Waals surface area (Å²) in [7, 11) is 1.55. The Kier molecular flexibility index (Phi) is 5.73. The Balaban J connectivity index is 1.98. The molecule has 0 bridgehead atoms. The molecular formula is C16H21N3O5. The van der Waals surface area contributed by atoms with E-state index in [1.165, 1.54) is 12.1 Å². The molecule has 0 aliphatic carbocycles. The average molecular weight is 335 g/mol. The van der Waals surface area contributed by atoms with Crippen molar-refractivity contribution in [2.24, 2.45) is 5.92 Å². The molecule has 0 saturated carbocycles. The number of benzene rings is 1. The van der Waals surface area contributed by atoms with E-state index in [0.717, 1.165) is 18.9 Å². The maximum atomic E-state index is 12.1. The van der Waals surface area contributed by atoms with Crippen LogP contribution in [0, 0.1) is 16.0 Å². The molecule has 8 heteroatoms. The Morgan fingerprint density at radius 2 is 2.21 bits per heavy atom. The fourth-order valence-electron chi connectivity index (χ4n) is 2.74. The number of nitro groups is 1. The second kappa shape index (κ2) is 7.76. The summed E-state index contributed by atoms with van der Waals surface area (Å²) < 4.78 is 5.01. The van der Waals surface area contributed by atoms with Crippen molar-refractivity contribution in [1.82, 2.24) is 4.90 Å². The molecule has 0 radical (unpaired) electrons. The van der Waals surface area contributed by atoms with E-state index in [-0.39, 0.29) is 23.8 Å². The molecule has 1 fully saturated rings. The summed E-state index contributed by atoms with van der Waals surface area (Å²) in [4.78, 5) is 36.2. The van der Waals surface area contributed by atoms with Crippen molar-refractivity contribution in [3.8, 4) is 0 Å². The van der Waals surface area contributed by atoms with Crippen LogP contribution in [-0.4, -0.2) is 48.4 Å². The lowest BCUT2D eigenvalue weighted by atomic mass is 10.0. The van der Waals surface area contributed by atoms with Gasteiger partial charge >= 0.3 is 5.97 Å². The van der Waals surface area contributed by atoms with Crippen molar-refractivity contribution in [2.75, 3.05) is 32.1 Å². The number of hydrogen-bond donors (Lipinski definition) is 1. The molecule has 1 N–H and O–H groups in total.